The van der Waals surface area contributed by atoms with Crippen LogP contribution in [-0.4, -0.2) is 29.2 Å². The molecule has 0 radical (unpaired) electrons. The lowest BCUT2D eigenvalue weighted by molar-refractivity contribution is -0.146. The molecule has 104 valence electrons. The highest BCUT2D eigenvalue weighted by Gasteiger charge is 2.53. The number of fused-ring (bicyclic) bond motifs is 2. The van der Waals surface area contributed by atoms with Crippen LogP contribution in [0, 0.1) is 11.8 Å². The SMILES string of the molecule is O=C(O)C1C2C=CC(O2)C1C(=O)NCc1ccccc1. The van der Waals surface area contributed by atoms with Crippen LogP contribution in [0.15, 0.2) is 42.5 Å². The Kier molecular flexibility index (Phi) is 3.28. The van der Waals surface area contributed by atoms with E-state index in [4.69, 9.17) is 4.74 Å². The Morgan fingerprint density at radius 2 is 1.75 bits per heavy atom. The van der Waals surface area contributed by atoms with E-state index in [1.165, 1.54) is 0 Å². The Morgan fingerprint density at radius 3 is 2.40 bits per heavy atom. The predicted molar refractivity (Wildman–Crippen MR) is 70.7 cm³/mol. The number of amides is 1. The van der Waals surface area contributed by atoms with E-state index >= 15 is 0 Å². The van der Waals surface area contributed by atoms with E-state index < -0.39 is 30.0 Å². The highest BCUT2D eigenvalue weighted by molar-refractivity contribution is 5.87. The van der Waals surface area contributed by atoms with Crippen LogP contribution in [0.5, 0.6) is 0 Å². The van der Waals surface area contributed by atoms with Crippen LogP contribution in [0.2, 0.25) is 0 Å². The Bertz CT molecular complexity index is 554. The number of carboxylic acids is 1. The molecule has 0 spiro atoms. The van der Waals surface area contributed by atoms with Crippen molar-refractivity contribution in [2.45, 2.75) is 18.8 Å². The summed E-state index contributed by atoms with van der Waals surface area (Å²) in [6.45, 7) is 0.392. The lowest BCUT2D eigenvalue weighted by Gasteiger charge is -2.20. The monoisotopic (exact) mass is 273 g/mol. The van der Waals surface area contributed by atoms with Gasteiger partial charge in [-0.15, -0.1) is 0 Å². The second-order valence-electron chi connectivity index (χ2n) is 5.04. The number of carbonyl (C=O) groups excluding carboxylic acids is 1. The van der Waals surface area contributed by atoms with Gasteiger partial charge in [-0.3, -0.25) is 9.59 Å². The molecule has 4 atom stereocenters. The van der Waals surface area contributed by atoms with Gasteiger partial charge in [0, 0.05) is 6.54 Å². The minimum absolute atomic E-state index is 0.266. The van der Waals surface area contributed by atoms with Gasteiger partial charge in [0.05, 0.1) is 18.1 Å². The standard InChI is InChI=1S/C15H15NO4/c17-14(16-8-9-4-2-1-3-5-9)12-10-6-7-11(20-10)13(12)15(18)19/h1-7,10-13H,8H2,(H,16,17)(H,18,19). The minimum atomic E-state index is -0.985. The molecule has 2 N–H and O–H groups in total. The van der Waals surface area contributed by atoms with Crippen LogP contribution in [0.25, 0.3) is 0 Å². The second kappa shape index (κ2) is 5.09. The topological polar surface area (TPSA) is 75.6 Å². The zero-order valence-corrected chi connectivity index (χ0v) is 10.7. The number of rotatable bonds is 4. The maximum atomic E-state index is 12.2. The summed E-state index contributed by atoms with van der Waals surface area (Å²) in [5.41, 5.74) is 0.979. The zero-order chi connectivity index (χ0) is 14.1. The molecular weight excluding hydrogens is 258 g/mol. The van der Waals surface area contributed by atoms with Gasteiger partial charge < -0.3 is 15.2 Å². The highest BCUT2D eigenvalue weighted by atomic mass is 16.5. The van der Waals surface area contributed by atoms with Gasteiger partial charge in [-0.1, -0.05) is 42.5 Å². The van der Waals surface area contributed by atoms with E-state index in [1.54, 1.807) is 12.2 Å². The third-order valence-corrected chi connectivity index (χ3v) is 3.80. The van der Waals surface area contributed by atoms with Crippen LogP contribution in [-0.2, 0) is 20.9 Å². The van der Waals surface area contributed by atoms with Crippen LogP contribution in [0.1, 0.15) is 5.56 Å². The van der Waals surface area contributed by atoms with Gasteiger partial charge in [-0.2, -0.15) is 0 Å². The first kappa shape index (κ1) is 12.9. The van der Waals surface area contributed by atoms with E-state index in [9.17, 15) is 14.7 Å². The number of nitrogens with one attached hydrogen (secondary N) is 1. The number of aliphatic carboxylic acids is 1. The fraction of sp³-hybridized carbons (Fsp3) is 0.333. The molecule has 1 fully saturated rings. The van der Waals surface area contributed by atoms with E-state index in [-0.39, 0.29) is 5.91 Å². The van der Waals surface area contributed by atoms with Crippen LogP contribution in [0.4, 0.5) is 0 Å². The normalized spacial score (nSPS) is 30.4. The number of hydrogen-bond donors (Lipinski definition) is 2. The van der Waals surface area contributed by atoms with Gasteiger partial charge in [0.15, 0.2) is 0 Å². The van der Waals surface area contributed by atoms with Crippen molar-refractivity contribution in [2.24, 2.45) is 11.8 Å². The molecule has 4 unspecified atom stereocenters. The smallest absolute Gasteiger partial charge is 0.310 e. The van der Waals surface area contributed by atoms with Gasteiger partial charge >= 0.3 is 5.97 Å². The molecule has 2 heterocycles. The summed E-state index contributed by atoms with van der Waals surface area (Å²) in [6.07, 6.45) is 2.60. The maximum absolute atomic E-state index is 12.2. The molecule has 1 aromatic carbocycles. The highest BCUT2D eigenvalue weighted by Crippen LogP contribution is 2.39. The molecule has 2 aliphatic rings. The number of carbonyl (C=O) groups is 2. The summed E-state index contributed by atoms with van der Waals surface area (Å²) in [4.78, 5) is 23.5. The molecule has 1 saturated heterocycles. The second-order valence-corrected chi connectivity index (χ2v) is 5.04. The van der Waals surface area contributed by atoms with Gasteiger partial charge in [-0.25, -0.2) is 0 Å². The fourth-order valence-electron chi connectivity index (χ4n) is 2.82. The maximum Gasteiger partial charge on any atom is 0.310 e. The lowest BCUT2D eigenvalue weighted by Crippen LogP contribution is -2.42. The predicted octanol–water partition coefficient (Wildman–Crippen LogP) is 0.957. The van der Waals surface area contributed by atoms with E-state index in [0.717, 1.165) is 5.56 Å². The van der Waals surface area contributed by atoms with Crippen molar-refractivity contribution in [2.75, 3.05) is 0 Å². The number of ether oxygens (including phenoxy) is 1. The van der Waals surface area contributed by atoms with Gasteiger partial charge in [0.25, 0.3) is 0 Å². The van der Waals surface area contributed by atoms with E-state index in [0.29, 0.717) is 6.54 Å². The first-order valence-electron chi connectivity index (χ1n) is 6.55. The molecule has 3 rings (SSSR count). The lowest BCUT2D eigenvalue weighted by atomic mass is 9.82. The van der Waals surface area contributed by atoms with Gasteiger partial charge in [0.1, 0.15) is 5.92 Å². The number of hydrogen-bond acceptors (Lipinski definition) is 3. The Balaban J connectivity index is 1.68. The minimum Gasteiger partial charge on any atom is -0.481 e. The van der Waals surface area contributed by atoms with Crippen LogP contribution in [0.3, 0.4) is 0 Å². The zero-order valence-electron chi connectivity index (χ0n) is 10.7. The van der Waals surface area contributed by atoms with Crippen molar-refractivity contribution < 1.29 is 19.4 Å². The fourth-order valence-corrected chi connectivity index (χ4v) is 2.82. The van der Waals surface area contributed by atoms with Crippen molar-refractivity contribution in [3.8, 4) is 0 Å². The number of carboxylic acid groups (broad SMARTS) is 1. The van der Waals surface area contributed by atoms with E-state index in [1.807, 2.05) is 30.3 Å². The van der Waals surface area contributed by atoms with Crippen molar-refractivity contribution in [3.63, 3.8) is 0 Å². The summed E-state index contributed by atoms with van der Waals surface area (Å²) in [7, 11) is 0. The average molecular weight is 273 g/mol. The van der Waals surface area contributed by atoms with Crippen molar-refractivity contribution in [1.82, 2.24) is 5.32 Å². The first-order valence-corrected chi connectivity index (χ1v) is 6.55. The molecule has 5 heteroatoms. The average Bonchev–Trinajstić information content (AvgIpc) is 3.06. The van der Waals surface area contributed by atoms with E-state index in [2.05, 4.69) is 5.32 Å². The Morgan fingerprint density at radius 1 is 1.10 bits per heavy atom. The number of benzene rings is 1. The van der Waals surface area contributed by atoms with Crippen molar-refractivity contribution in [1.29, 1.82) is 0 Å². The molecular formula is C15H15NO4. The quantitative estimate of drug-likeness (QED) is 0.801. The van der Waals surface area contributed by atoms with Crippen molar-refractivity contribution in [3.05, 3.63) is 48.0 Å². The summed E-state index contributed by atoms with van der Waals surface area (Å²) in [5, 5.41) is 12.0. The molecule has 1 aromatic rings. The Labute approximate surface area is 116 Å². The molecule has 0 aromatic heterocycles. The largest absolute Gasteiger partial charge is 0.481 e. The summed E-state index contributed by atoms with van der Waals surface area (Å²) >= 11 is 0. The van der Waals surface area contributed by atoms with Gasteiger partial charge in [0.2, 0.25) is 5.91 Å². The Hall–Kier alpha value is -2.14. The molecule has 2 aliphatic heterocycles. The summed E-state index contributed by atoms with van der Waals surface area (Å²) in [5.74, 6) is -2.69. The molecule has 5 nitrogen and oxygen atoms in total. The van der Waals surface area contributed by atoms with Crippen LogP contribution >= 0.6 is 0 Å². The first-order chi connectivity index (χ1) is 9.66. The molecule has 20 heavy (non-hydrogen) atoms. The molecule has 2 bridgehead atoms. The summed E-state index contributed by atoms with van der Waals surface area (Å²) < 4.78 is 5.48. The summed E-state index contributed by atoms with van der Waals surface area (Å²) in [6, 6.07) is 9.51. The van der Waals surface area contributed by atoms with Crippen molar-refractivity contribution >= 4 is 11.9 Å². The molecule has 0 aliphatic carbocycles. The van der Waals surface area contributed by atoms with Gasteiger partial charge in [-0.05, 0) is 5.56 Å². The third kappa shape index (κ3) is 2.20. The van der Waals surface area contributed by atoms with Crippen LogP contribution < -0.4 is 5.32 Å². The molecule has 1 amide bonds. The third-order valence-electron chi connectivity index (χ3n) is 3.80. The molecule has 0 saturated carbocycles.